The SMILES string of the molecule is Cn1cnc(C(CN)N2CCN(C3CCCC3)CC2)c1Br. The molecule has 21 heavy (non-hydrogen) atoms. The molecule has 1 aromatic rings. The number of imidazole rings is 1. The Kier molecular flexibility index (Phi) is 4.99. The molecule has 0 aromatic carbocycles. The van der Waals surface area contributed by atoms with Crippen molar-refractivity contribution >= 4 is 15.9 Å². The summed E-state index contributed by atoms with van der Waals surface area (Å²) >= 11 is 3.63. The number of hydrogen-bond donors (Lipinski definition) is 1. The van der Waals surface area contributed by atoms with Crippen LogP contribution in [-0.4, -0.2) is 58.1 Å². The highest BCUT2D eigenvalue weighted by molar-refractivity contribution is 9.10. The first-order chi connectivity index (χ1) is 10.2. The number of nitrogens with zero attached hydrogens (tertiary/aromatic N) is 4. The van der Waals surface area contributed by atoms with E-state index >= 15 is 0 Å². The number of rotatable bonds is 4. The highest BCUT2D eigenvalue weighted by Crippen LogP contribution is 2.29. The molecule has 2 aliphatic rings. The van der Waals surface area contributed by atoms with Crippen molar-refractivity contribution in [2.45, 2.75) is 37.8 Å². The van der Waals surface area contributed by atoms with Gasteiger partial charge in [0.1, 0.15) is 4.60 Å². The normalized spacial score (nSPS) is 23.8. The summed E-state index contributed by atoms with van der Waals surface area (Å²) in [5.41, 5.74) is 7.12. The Hall–Kier alpha value is -0.430. The van der Waals surface area contributed by atoms with Crippen LogP contribution in [0.25, 0.3) is 0 Å². The second kappa shape index (κ2) is 6.77. The zero-order valence-corrected chi connectivity index (χ0v) is 14.4. The predicted molar refractivity (Wildman–Crippen MR) is 88.1 cm³/mol. The van der Waals surface area contributed by atoms with Gasteiger partial charge < -0.3 is 10.3 Å². The Bertz CT molecular complexity index is 461. The first kappa shape index (κ1) is 15.5. The fourth-order valence-corrected chi connectivity index (χ4v) is 4.23. The van der Waals surface area contributed by atoms with E-state index in [0.29, 0.717) is 6.54 Å². The molecule has 1 atom stereocenters. The molecule has 2 fully saturated rings. The molecular formula is C15H26BrN5. The molecule has 5 nitrogen and oxygen atoms in total. The highest BCUT2D eigenvalue weighted by Gasteiger charge is 2.30. The molecule has 2 heterocycles. The third-order valence-corrected chi connectivity index (χ3v) is 6.03. The number of aromatic nitrogens is 2. The molecule has 1 unspecified atom stereocenters. The average molecular weight is 356 g/mol. The molecule has 6 heteroatoms. The second-order valence-electron chi connectivity index (χ2n) is 6.29. The average Bonchev–Trinajstić information content (AvgIpc) is 3.14. The van der Waals surface area contributed by atoms with Crippen molar-refractivity contribution < 1.29 is 0 Å². The van der Waals surface area contributed by atoms with Gasteiger partial charge in [0, 0.05) is 45.8 Å². The number of aryl methyl sites for hydroxylation is 1. The van der Waals surface area contributed by atoms with E-state index in [9.17, 15) is 0 Å². The van der Waals surface area contributed by atoms with E-state index in [1.54, 1.807) is 0 Å². The van der Waals surface area contributed by atoms with Crippen LogP contribution in [0.3, 0.4) is 0 Å². The lowest BCUT2D eigenvalue weighted by Gasteiger charge is -2.41. The summed E-state index contributed by atoms with van der Waals surface area (Å²) in [4.78, 5) is 9.72. The van der Waals surface area contributed by atoms with Crippen LogP contribution in [0.2, 0.25) is 0 Å². The topological polar surface area (TPSA) is 50.3 Å². The maximum atomic E-state index is 6.05. The number of piperazine rings is 1. The van der Waals surface area contributed by atoms with Crippen LogP contribution in [0.4, 0.5) is 0 Å². The third-order valence-electron chi connectivity index (χ3n) is 5.06. The molecule has 0 radical (unpaired) electrons. The minimum Gasteiger partial charge on any atom is -0.329 e. The van der Waals surface area contributed by atoms with E-state index in [4.69, 9.17) is 5.73 Å². The second-order valence-corrected chi connectivity index (χ2v) is 7.04. The molecule has 3 rings (SSSR count). The van der Waals surface area contributed by atoms with Gasteiger partial charge in [0.15, 0.2) is 0 Å². The van der Waals surface area contributed by atoms with Crippen LogP contribution in [0.1, 0.15) is 37.4 Å². The Labute approximate surface area is 135 Å². The van der Waals surface area contributed by atoms with Gasteiger partial charge in [-0.2, -0.15) is 0 Å². The largest absolute Gasteiger partial charge is 0.329 e. The third kappa shape index (κ3) is 3.18. The lowest BCUT2D eigenvalue weighted by atomic mass is 10.1. The van der Waals surface area contributed by atoms with Crippen molar-refractivity contribution in [3.63, 3.8) is 0 Å². The summed E-state index contributed by atoms with van der Waals surface area (Å²) < 4.78 is 3.06. The van der Waals surface area contributed by atoms with E-state index < -0.39 is 0 Å². The number of halogens is 1. The van der Waals surface area contributed by atoms with Gasteiger partial charge in [-0.1, -0.05) is 12.8 Å². The van der Waals surface area contributed by atoms with Crippen molar-refractivity contribution in [2.75, 3.05) is 32.7 Å². The minimum absolute atomic E-state index is 0.228. The summed E-state index contributed by atoms with van der Waals surface area (Å²) in [6.07, 6.45) is 7.48. The quantitative estimate of drug-likeness (QED) is 0.893. The Morgan fingerprint density at radius 1 is 1.29 bits per heavy atom. The van der Waals surface area contributed by atoms with Crippen LogP contribution >= 0.6 is 15.9 Å². The number of hydrogen-bond acceptors (Lipinski definition) is 4. The zero-order chi connectivity index (χ0) is 14.8. The van der Waals surface area contributed by atoms with E-state index in [1.807, 2.05) is 17.9 Å². The van der Waals surface area contributed by atoms with Crippen molar-refractivity contribution in [3.8, 4) is 0 Å². The molecular weight excluding hydrogens is 330 g/mol. The van der Waals surface area contributed by atoms with Gasteiger partial charge in [0.05, 0.1) is 18.1 Å². The minimum atomic E-state index is 0.228. The molecule has 1 saturated carbocycles. The molecule has 0 bridgehead atoms. The van der Waals surface area contributed by atoms with Gasteiger partial charge in [-0.05, 0) is 28.8 Å². The summed E-state index contributed by atoms with van der Waals surface area (Å²) in [7, 11) is 2.01. The smallest absolute Gasteiger partial charge is 0.109 e. The van der Waals surface area contributed by atoms with E-state index in [0.717, 1.165) is 29.4 Å². The van der Waals surface area contributed by atoms with Crippen molar-refractivity contribution in [2.24, 2.45) is 12.8 Å². The standard InChI is InChI=1S/C15H26BrN5/c1-19-11-18-14(15(19)16)13(10-17)21-8-6-20(7-9-21)12-4-2-3-5-12/h11-13H,2-10,17H2,1H3. The molecule has 0 amide bonds. The Morgan fingerprint density at radius 3 is 2.48 bits per heavy atom. The fourth-order valence-electron chi connectivity index (χ4n) is 3.77. The van der Waals surface area contributed by atoms with Crippen LogP contribution in [-0.2, 0) is 7.05 Å². The molecule has 1 aromatic heterocycles. The molecule has 118 valence electrons. The van der Waals surface area contributed by atoms with E-state index in [-0.39, 0.29) is 6.04 Å². The predicted octanol–water partition coefficient (Wildman–Crippen LogP) is 1.74. The van der Waals surface area contributed by atoms with Gasteiger partial charge >= 0.3 is 0 Å². The Balaban J connectivity index is 1.63. The van der Waals surface area contributed by atoms with E-state index in [1.165, 1.54) is 38.8 Å². The first-order valence-corrected chi connectivity index (χ1v) is 8.85. The van der Waals surface area contributed by atoms with Crippen molar-refractivity contribution in [1.82, 2.24) is 19.4 Å². The van der Waals surface area contributed by atoms with Gasteiger partial charge in [-0.15, -0.1) is 0 Å². The lowest BCUT2D eigenvalue weighted by Crippen LogP contribution is -2.51. The summed E-state index contributed by atoms with van der Waals surface area (Å²) in [6, 6.07) is 1.07. The maximum Gasteiger partial charge on any atom is 0.109 e. The monoisotopic (exact) mass is 355 g/mol. The van der Waals surface area contributed by atoms with Gasteiger partial charge in [0.25, 0.3) is 0 Å². The Morgan fingerprint density at radius 2 is 1.95 bits per heavy atom. The molecule has 0 spiro atoms. The van der Waals surface area contributed by atoms with Crippen molar-refractivity contribution in [1.29, 1.82) is 0 Å². The summed E-state index contributed by atoms with van der Waals surface area (Å²) in [6.45, 7) is 5.17. The van der Waals surface area contributed by atoms with Crippen LogP contribution in [0.5, 0.6) is 0 Å². The fraction of sp³-hybridized carbons (Fsp3) is 0.800. The van der Waals surface area contributed by atoms with Crippen LogP contribution < -0.4 is 5.73 Å². The molecule has 2 N–H and O–H groups in total. The summed E-state index contributed by atoms with van der Waals surface area (Å²) in [5, 5.41) is 0. The van der Waals surface area contributed by atoms with E-state index in [2.05, 4.69) is 30.7 Å². The molecule has 1 aliphatic heterocycles. The molecule has 1 aliphatic carbocycles. The zero-order valence-electron chi connectivity index (χ0n) is 12.8. The highest BCUT2D eigenvalue weighted by atomic mass is 79.9. The van der Waals surface area contributed by atoms with Gasteiger partial charge in [-0.25, -0.2) is 4.98 Å². The van der Waals surface area contributed by atoms with Crippen LogP contribution in [0, 0.1) is 0 Å². The number of nitrogens with two attached hydrogens (primary N) is 1. The van der Waals surface area contributed by atoms with Crippen LogP contribution in [0.15, 0.2) is 10.9 Å². The first-order valence-electron chi connectivity index (χ1n) is 8.05. The summed E-state index contributed by atoms with van der Waals surface area (Å²) in [5.74, 6) is 0. The van der Waals surface area contributed by atoms with Crippen molar-refractivity contribution in [3.05, 3.63) is 16.6 Å². The van der Waals surface area contributed by atoms with Gasteiger partial charge in [0.2, 0.25) is 0 Å². The molecule has 1 saturated heterocycles. The lowest BCUT2D eigenvalue weighted by molar-refractivity contribution is 0.0709. The maximum absolute atomic E-state index is 6.05. The van der Waals surface area contributed by atoms with Gasteiger partial charge in [-0.3, -0.25) is 9.80 Å².